The molecule has 12 aromatic rings. The maximum atomic E-state index is 2.44. The van der Waals surface area contributed by atoms with Crippen LogP contribution in [0.2, 0.25) is 0 Å². The maximum absolute atomic E-state index is 2.44. The lowest BCUT2D eigenvalue weighted by Gasteiger charge is -2.18. The fourth-order valence-corrected chi connectivity index (χ4v) is 11.8. The zero-order valence-corrected chi connectivity index (χ0v) is 31.9. The van der Waals surface area contributed by atoms with Gasteiger partial charge in [0.25, 0.3) is 0 Å². The monoisotopic (exact) mass is 744 g/mol. The third-order valence-electron chi connectivity index (χ3n) is 11.7. The Balaban J connectivity index is 1.03. The highest BCUT2D eigenvalue weighted by atomic mass is 32.1. The van der Waals surface area contributed by atoms with Crippen LogP contribution in [0, 0.1) is 0 Å². The molecule has 12 rings (SSSR count). The summed E-state index contributed by atoms with van der Waals surface area (Å²) in [5.41, 5.74) is 10.00. The van der Waals surface area contributed by atoms with E-state index in [0.29, 0.717) is 0 Å². The van der Waals surface area contributed by atoms with Crippen LogP contribution in [-0.4, -0.2) is 0 Å². The fraction of sp³-hybridized carbons (Fsp3) is 0. The average Bonchev–Trinajstić information content (AvgIpc) is 3.85. The molecule has 0 saturated carbocycles. The lowest BCUT2D eigenvalue weighted by Crippen LogP contribution is -1.91. The molecule has 2 aromatic heterocycles. The zero-order valence-electron chi connectivity index (χ0n) is 30.3. The van der Waals surface area contributed by atoms with Gasteiger partial charge in [-0.2, -0.15) is 0 Å². The summed E-state index contributed by atoms with van der Waals surface area (Å²) in [4.78, 5) is 0. The molecule has 0 unspecified atom stereocenters. The maximum Gasteiger partial charge on any atom is 0.0534 e. The summed E-state index contributed by atoms with van der Waals surface area (Å²) >= 11 is 3.86. The van der Waals surface area contributed by atoms with Crippen LogP contribution >= 0.6 is 22.7 Å². The van der Waals surface area contributed by atoms with Crippen LogP contribution in [0.25, 0.3) is 117 Å². The normalized spacial score (nSPS) is 11.9. The molecule has 0 aliphatic carbocycles. The molecule has 0 aliphatic rings. The minimum absolute atomic E-state index is 1.23. The summed E-state index contributed by atoms with van der Waals surface area (Å²) < 4.78 is 5.48. The van der Waals surface area contributed by atoms with Gasteiger partial charge in [0.2, 0.25) is 0 Å². The second-order valence-corrected chi connectivity index (χ2v) is 16.8. The van der Waals surface area contributed by atoms with Gasteiger partial charge in [-0.1, -0.05) is 176 Å². The Morgan fingerprint density at radius 1 is 0.250 bits per heavy atom. The van der Waals surface area contributed by atoms with E-state index in [2.05, 4.69) is 194 Å². The topological polar surface area (TPSA) is 0 Å². The van der Waals surface area contributed by atoms with Crippen LogP contribution in [-0.2, 0) is 0 Å². The lowest BCUT2D eigenvalue weighted by atomic mass is 9.85. The molecule has 0 radical (unpaired) electrons. The van der Waals surface area contributed by atoms with Gasteiger partial charge in [0, 0.05) is 30.9 Å². The van der Waals surface area contributed by atoms with Crippen LogP contribution in [0.3, 0.4) is 0 Å². The van der Waals surface area contributed by atoms with Crippen molar-refractivity contribution in [1.82, 2.24) is 0 Å². The van der Waals surface area contributed by atoms with E-state index in [9.17, 15) is 0 Å². The van der Waals surface area contributed by atoms with Gasteiger partial charge in [-0.25, -0.2) is 0 Å². The van der Waals surface area contributed by atoms with Crippen molar-refractivity contribution in [3.8, 4) is 44.5 Å². The molecule has 2 heteroatoms. The Kier molecular flexibility index (Phi) is 7.07. The summed E-state index contributed by atoms with van der Waals surface area (Å²) in [7, 11) is 0. The van der Waals surface area contributed by atoms with Crippen molar-refractivity contribution >= 4 is 95.3 Å². The number of thiophene rings is 2. The third-order valence-corrected chi connectivity index (χ3v) is 14.2. The molecule has 0 saturated heterocycles. The molecule has 10 aromatic carbocycles. The Morgan fingerprint density at radius 2 is 0.750 bits per heavy atom. The van der Waals surface area contributed by atoms with Crippen molar-refractivity contribution in [2.24, 2.45) is 0 Å². The third kappa shape index (κ3) is 4.77. The van der Waals surface area contributed by atoms with Crippen molar-refractivity contribution in [2.75, 3.05) is 0 Å². The van der Waals surface area contributed by atoms with E-state index < -0.39 is 0 Å². The predicted octanol–water partition coefficient (Wildman–Crippen LogP) is 16.5. The SMILES string of the molecule is c1ccc(-c2cccc(-c3c4ccccc4c(-c4ccc(-c5cc6sc7c(ccc8c9ccccc9sc87)c6c6ccccc56)cc4)c4ccccc34)c2)cc1. The van der Waals surface area contributed by atoms with E-state index >= 15 is 0 Å². The Labute approximate surface area is 332 Å². The summed E-state index contributed by atoms with van der Waals surface area (Å²) in [6, 6.07) is 71.9. The minimum Gasteiger partial charge on any atom is -0.134 e. The molecule has 0 atom stereocenters. The number of fused-ring (bicyclic) bond motifs is 11. The molecule has 0 spiro atoms. The van der Waals surface area contributed by atoms with Gasteiger partial charge in [0.05, 0.1) is 9.40 Å². The van der Waals surface area contributed by atoms with E-state index in [-0.39, 0.29) is 0 Å². The van der Waals surface area contributed by atoms with Gasteiger partial charge in [-0.15, -0.1) is 22.7 Å². The van der Waals surface area contributed by atoms with E-state index in [1.165, 1.54) is 117 Å². The van der Waals surface area contributed by atoms with Crippen LogP contribution in [0.15, 0.2) is 194 Å². The molecule has 56 heavy (non-hydrogen) atoms. The minimum atomic E-state index is 1.23. The Morgan fingerprint density at radius 3 is 1.46 bits per heavy atom. The smallest absolute Gasteiger partial charge is 0.0534 e. The number of hydrogen-bond acceptors (Lipinski definition) is 2. The van der Waals surface area contributed by atoms with Gasteiger partial charge >= 0.3 is 0 Å². The quantitative estimate of drug-likeness (QED) is 0.157. The first-order valence-electron chi connectivity index (χ1n) is 19.2. The fourth-order valence-electron chi connectivity index (χ4n) is 9.17. The molecule has 0 amide bonds. The van der Waals surface area contributed by atoms with Gasteiger partial charge in [0.15, 0.2) is 0 Å². The highest BCUT2D eigenvalue weighted by Crippen LogP contribution is 2.49. The first-order chi connectivity index (χ1) is 27.8. The highest BCUT2D eigenvalue weighted by molar-refractivity contribution is 7.33. The standard InChI is InChI=1S/C54H32S2/c1-2-13-33(14-3-1)36-15-12-16-37(31-36)51-43-22-8-6-20-41(43)50(42-21-7-9-23-44(42)51)35-27-25-34(26-28-35)47-32-49-52(40-19-5-4-17-38(40)47)46-30-29-45-39-18-10-11-24-48(39)55-53(45)54(46)56-49/h1-32H. The number of hydrogen-bond donors (Lipinski definition) is 0. The van der Waals surface area contributed by atoms with Crippen LogP contribution < -0.4 is 0 Å². The van der Waals surface area contributed by atoms with Gasteiger partial charge in [0.1, 0.15) is 0 Å². The molecular weight excluding hydrogens is 713 g/mol. The molecule has 260 valence electrons. The summed E-state index contributed by atoms with van der Waals surface area (Å²) in [6.45, 7) is 0. The van der Waals surface area contributed by atoms with E-state index in [4.69, 9.17) is 0 Å². The molecule has 0 fully saturated rings. The Hall–Kier alpha value is -6.58. The van der Waals surface area contributed by atoms with Crippen LogP contribution in [0.4, 0.5) is 0 Å². The average molecular weight is 745 g/mol. The summed E-state index contributed by atoms with van der Waals surface area (Å²) in [5, 5.41) is 13.1. The van der Waals surface area contributed by atoms with Crippen molar-refractivity contribution < 1.29 is 0 Å². The summed E-state index contributed by atoms with van der Waals surface area (Å²) in [5.74, 6) is 0. The van der Waals surface area contributed by atoms with E-state index in [0.717, 1.165) is 0 Å². The van der Waals surface area contributed by atoms with Gasteiger partial charge < -0.3 is 0 Å². The van der Waals surface area contributed by atoms with Gasteiger partial charge in [-0.05, 0) is 95.0 Å². The first-order valence-corrected chi connectivity index (χ1v) is 20.8. The van der Waals surface area contributed by atoms with Crippen LogP contribution in [0.5, 0.6) is 0 Å². The first kappa shape index (κ1) is 31.7. The Bertz CT molecular complexity index is 3450. The molecule has 0 bridgehead atoms. The van der Waals surface area contributed by atoms with Crippen molar-refractivity contribution in [2.45, 2.75) is 0 Å². The molecular formula is C54H32S2. The van der Waals surface area contributed by atoms with Crippen molar-refractivity contribution in [3.63, 3.8) is 0 Å². The summed E-state index contributed by atoms with van der Waals surface area (Å²) in [6.07, 6.45) is 0. The number of rotatable bonds is 4. The van der Waals surface area contributed by atoms with Crippen LogP contribution in [0.1, 0.15) is 0 Å². The van der Waals surface area contributed by atoms with Crippen molar-refractivity contribution in [3.05, 3.63) is 194 Å². The molecule has 0 N–H and O–H groups in total. The second-order valence-electron chi connectivity index (χ2n) is 14.7. The lowest BCUT2D eigenvalue weighted by molar-refractivity contribution is 1.61. The number of benzene rings is 10. The highest BCUT2D eigenvalue weighted by Gasteiger charge is 2.19. The van der Waals surface area contributed by atoms with Crippen molar-refractivity contribution in [1.29, 1.82) is 0 Å². The molecule has 2 heterocycles. The largest absolute Gasteiger partial charge is 0.134 e. The van der Waals surface area contributed by atoms with Gasteiger partial charge in [-0.3, -0.25) is 0 Å². The van der Waals surface area contributed by atoms with E-state index in [1.807, 2.05) is 22.7 Å². The molecule has 0 aliphatic heterocycles. The molecule has 0 nitrogen and oxygen atoms in total. The second kappa shape index (κ2) is 12.5. The van der Waals surface area contributed by atoms with E-state index in [1.54, 1.807) is 0 Å². The zero-order chi connectivity index (χ0) is 36.7. The predicted molar refractivity (Wildman–Crippen MR) is 246 cm³/mol.